The highest BCUT2D eigenvalue weighted by atomic mass is 32.2. The summed E-state index contributed by atoms with van der Waals surface area (Å²) in [5, 5.41) is 3.52. The third-order valence-electron chi connectivity index (χ3n) is 4.65. The van der Waals surface area contributed by atoms with Gasteiger partial charge in [0.15, 0.2) is 0 Å². The second-order valence-electron chi connectivity index (χ2n) is 7.18. The van der Waals surface area contributed by atoms with Crippen molar-refractivity contribution in [2.45, 2.75) is 29.8 Å². The first-order valence-electron chi connectivity index (χ1n) is 9.30. The Labute approximate surface area is 193 Å². The fraction of sp³-hybridized carbons (Fsp3) is 0.211. The molecule has 1 aliphatic rings. The minimum atomic E-state index is -5.75. The lowest BCUT2D eigenvalue weighted by Crippen LogP contribution is -2.69. The summed E-state index contributed by atoms with van der Waals surface area (Å²) in [4.78, 5) is 35.2. The average Bonchev–Trinajstić information content (AvgIpc) is 2.97. The molecular formula is C19H14F6N4O5S. The van der Waals surface area contributed by atoms with E-state index in [1.165, 1.54) is 5.32 Å². The molecule has 0 saturated carbocycles. The Morgan fingerprint density at radius 3 is 2.11 bits per heavy atom. The maximum atomic E-state index is 14.0. The van der Waals surface area contributed by atoms with Gasteiger partial charge in [-0.25, -0.2) is 18.1 Å². The molecule has 0 bridgehead atoms. The molecule has 188 valence electrons. The molecule has 16 heteroatoms. The summed E-state index contributed by atoms with van der Waals surface area (Å²) in [5.74, 6) is -2.73. The van der Waals surface area contributed by atoms with Gasteiger partial charge < -0.3 is 10.6 Å². The third-order valence-corrected chi connectivity index (χ3v) is 6.12. The second kappa shape index (κ2) is 8.53. The number of anilines is 2. The minimum Gasteiger partial charge on any atom is -0.326 e. The van der Waals surface area contributed by atoms with Crippen molar-refractivity contribution in [3.63, 3.8) is 0 Å². The highest BCUT2D eigenvalue weighted by molar-refractivity contribution is 7.89. The van der Waals surface area contributed by atoms with Crippen LogP contribution in [0.1, 0.15) is 12.5 Å². The molecule has 0 aliphatic carbocycles. The number of halogens is 6. The van der Waals surface area contributed by atoms with Crippen LogP contribution in [0.4, 0.5) is 42.5 Å². The molecule has 1 unspecified atom stereocenters. The Bertz CT molecular complexity index is 1290. The number of rotatable bonds is 5. The van der Waals surface area contributed by atoms with E-state index < -0.39 is 62.0 Å². The van der Waals surface area contributed by atoms with E-state index in [0.29, 0.717) is 6.07 Å². The summed E-state index contributed by atoms with van der Waals surface area (Å²) in [6.07, 6.45) is -10.7. The maximum Gasteiger partial charge on any atom is 0.435 e. The number of hydrogen-bond acceptors (Lipinski definition) is 5. The summed E-state index contributed by atoms with van der Waals surface area (Å²) >= 11 is 0. The van der Waals surface area contributed by atoms with E-state index in [9.17, 15) is 49.1 Å². The van der Waals surface area contributed by atoms with Crippen molar-refractivity contribution in [2.24, 2.45) is 0 Å². The van der Waals surface area contributed by atoms with Crippen LogP contribution in [0.25, 0.3) is 0 Å². The van der Waals surface area contributed by atoms with Gasteiger partial charge >= 0.3 is 18.4 Å². The van der Waals surface area contributed by atoms with Gasteiger partial charge in [-0.1, -0.05) is 6.07 Å². The Hall–Kier alpha value is -3.66. The van der Waals surface area contributed by atoms with E-state index in [0.717, 1.165) is 48.0 Å². The summed E-state index contributed by atoms with van der Waals surface area (Å²) in [5.41, 5.74) is -6.33. The lowest BCUT2D eigenvalue weighted by Gasteiger charge is -2.29. The largest absolute Gasteiger partial charge is 0.435 e. The molecule has 9 nitrogen and oxygen atoms in total. The lowest BCUT2D eigenvalue weighted by molar-refractivity contribution is -0.194. The number of alkyl halides is 6. The summed E-state index contributed by atoms with van der Waals surface area (Å²) < 4.78 is 108. The lowest BCUT2D eigenvalue weighted by atomic mass is 10.1. The van der Waals surface area contributed by atoms with Crippen molar-refractivity contribution < 1.29 is 49.1 Å². The number of nitrogens with zero attached hydrogens (tertiary/aromatic N) is 1. The van der Waals surface area contributed by atoms with Crippen molar-refractivity contribution in [3.05, 3.63) is 54.1 Å². The van der Waals surface area contributed by atoms with Gasteiger partial charge in [0.2, 0.25) is 15.9 Å². The van der Waals surface area contributed by atoms with Gasteiger partial charge in [-0.3, -0.25) is 9.59 Å². The zero-order chi connectivity index (χ0) is 26.4. The number of amides is 4. The molecular weight excluding hydrogens is 510 g/mol. The molecule has 0 aromatic heterocycles. The second-order valence-corrected chi connectivity index (χ2v) is 8.86. The van der Waals surface area contributed by atoms with Crippen LogP contribution in [-0.4, -0.2) is 38.1 Å². The summed E-state index contributed by atoms with van der Waals surface area (Å²) in [6.45, 7) is 1.16. The predicted molar refractivity (Wildman–Crippen MR) is 107 cm³/mol. The quantitative estimate of drug-likeness (QED) is 0.410. The van der Waals surface area contributed by atoms with Gasteiger partial charge in [0.25, 0.3) is 11.6 Å². The van der Waals surface area contributed by atoms with E-state index >= 15 is 0 Å². The number of nitrogens with one attached hydrogen (secondary N) is 3. The molecule has 1 atom stereocenters. The number of hydrogen-bond donors (Lipinski definition) is 3. The first-order chi connectivity index (χ1) is 16.0. The topological polar surface area (TPSA) is 125 Å². The maximum absolute atomic E-state index is 14.0. The number of sulfonamides is 1. The molecule has 35 heavy (non-hydrogen) atoms. The summed E-state index contributed by atoms with van der Waals surface area (Å²) in [7, 11) is -5.15. The van der Waals surface area contributed by atoms with Crippen LogP contribution in [0, 0.1) is 0 Å². The van der Waals surface area contributed by atoms with Crippen LogP contribution in [-0.2, 0) is 25.8 Å². The minimum absolute atomic E-state index is 0.114. The van der Waals surface area contributed by atoms with Gasteiger partial charge in [-0.05, 0) is 42.5 Å². The van der Waals surface area contributed by atoms with Crippen LogP contribution < -0.4 is 20.3 Å². The molecule has 2 aromatic carbocycles. The Morgan fingerprint density at radius 1 is 1.00 bits per heavy atom. The van der Waals surface area contributed by atoms with Crippen molar-refractivity contribution in [1.82, 2.24) is 10.0 Å². The highest BCUT2D eigenvalue weighted by Gasteiger charge is 2.70. The first kappa shape index (κ1) is 26.0. The van der Waals surface area contributed by atoms with Crippen LogP contribution in [0.5, 0.6) is 0 Å². The predicted octanol–water partition coefficient (Wildman–Crippen LogP) is 2.96. The zero-order valence-electron chi connectivity index (χ0n) is 17.3. The van der Waals surface area contributed by atoms with E-state index in [1.807, 2.05) is 0 Å². The van der Waals surface area contributed by atoms with Crippen LogP contribution >= 0.6 is 0 Å². The molecule has 0 spiro atoms. The van der Waals surface area contributed by atoms with Crippen LogP contribution in [0.2, 0.25) is 0 Å². The molecule has 1 fully saturated rings. The number of imide groups is 1. The van der Waals surface area contributed by atoms with Crippen molar-refractivity contribution in [1.29, 1.82) is 0 Å². The van der Waals surface area contributed by atoms with E-state index in [4.69, 9.17) is 0 Å². The molecule has 0 radical (unpaired) electrons. The molecule has 3 rings (SSSR count). The fourth-order valence-electron chi connectivity index (χ4n) is 3.09. The SMILES string of the molecule is CC(=O)Nc1ccc(S(=O)(=O)NC2(C(F)(F)F)NC(=O)N(c3cccc(C(F)(F)F)c3)C2=O)cc1. The summed E-state index contributed by atoms with van der Waals surface area (Å²) in [6, 6.07) is 4.30. The fourth-order valence-corrected chi connectivity index (χ4v) is 4.36. The molecule has 4 amide bonds. The van der Waals surface area contributed by atoms with E-state index in [1.54, 1.807) is 0 Å². The smallest absolute Gasteiger partial charge is 0.326 e. The molecule has 1 heterocycles. The zero-order valence-corrected chi connectivity index (χ0v) is 18.1. The van der Waals surface area contributed by atoms with Gasteiger partial charge in [-0.2, -0.15) is 31.1 Å². The number of carbonyl (C=O) groups excluding carboxylic acids is 3. The molecule has 1 saturated heterocycles. The molecule has 2 aromatic rings. The van der Waals surface area contributed by atoms with E-state index in [2.05, 4.69) is 5.32 Å². The highest BCUT2D eigenvalue weighted by Crippen LogP contribution is 2.38. The molecule has 3 N–H and O–H groups in total. The Morgan fingerprint density at radius 2 is 1.60 bits per heavy atom. The van der Waals surface area contributed by atoms with E-state index in [-0.39, 0.29) is 16.7 Å². The van der Waals surface area contributed by atoms with Gasteiger partial charge in [-0.15, -0.1) is 0 Å². The Kier molecular flexibility index (Phi) is 6.32. The van der Waals surface area contributed by atoms with Crippen molar-refractivity contribution >= 4 is 39.2 Å². The number of benzene rings is 2. The number of carbonyl (C=O) groups is 3. The number of urea groups is 1. The average molecular weight is 524 g/mol. The standard InChI is InChI=1S/C19H14F6N4O5S/c1-10(30)26-12-5-7-14(8-6-12)35(33,34)28-17(19(23,24)25)15(31)29(16(32)27-17)13-4-2-3-11(9-13)18(20,21)22/h2-9,28H,1H3,(H,26,30)(H,27,32). The Balaban J connectivity index is 2.02. The van der Waals surface area contributed by atoms with Gasteiger partial charge in [0.1, 0.15) is 0 Å². The van der Waals surface area contributed by atoms with Crippen molar-refractivity contribution in [3.8, 4) is 0 Å². The van der Waals surface area contributed by atoms with Crippen LogP contribution in [0.3, 0.4) is 0 Å². The normalized spacial score (nSPS) is 19.0. The van der Waals surface area contributed by atoms with Gasteiger partial charge in [0.05, 0.1) is 16.1 Å². The van der Waals surface area contributed by atoms with Gasteiger partial charge in [0, 0.05) is 12.6 Å². The first-order valence-corrected chi connectivity index (χ1v) is 10.8. The third kappa shape index (κ3) is 4.93. The monoisotopic (exact) mass is 524 g/mol. The van der Waals surface area contributed by atoms with Crippen molar-refractivity contribution in [2.75, 3.05) is 10.2 Å². The van der Waals surface area contributed by atoms with Crippen LogP contribution in [0.15, 0.2) is 53.4 Å². The molecule has 1 aliphatic heterocycles.